The smallest absolute Gasteiger partial charge is 0.416 e. The highest BCUT2D eigenvalue weighted by molar-refractivity contribution is 5.41. The molecule has 0 radical (unpaired) electrons. The number of benzene rings is 2. The van der Waals surface area contributed by atoms with Crippen LogP contribution in [0.25, 0.3) is 0 Å². The molecule has 0 saturated carbocycles. The first-order chi connectivity index (χ1) is 17.5. The molecule has 6 heteroatoms. The van der Waals surface area contributed by atoms with Gasteiger partial charge in [0.2, 0.25) is 0 Å². The number of rotatable bonds is 12. The summed E-state index contributed by atoms with van der Waals surface area (Å²) in [5, 5.41) is 0. The molecule has 1 fully saturated rings. The summed E-state index contributed by atoms with van der Waals surface area (Å²) < 4.78 is 44.2. The summed E-state index contributed by atoms with van der Waals surface area (Å²) >= 11 is 0. The molecule has 2 aromatic rings. The van der Waals surface area contributed by atoms with Crippen LogP contribution in [0.15, 0.2) is 42.5 Å². The Morgan fingerprint density at radius 3 is 1.92 bits per heavy atom. The second-order valence-corrected chi connectivity index (χ2v) is 11.5. The van der Waals surface area contributed by atoms with Gasteiger partial charge < -0.3 is 14.5 Å². The molecule has 3 nitrogen and oxygen atoms in total. The van der Waals surface area contributed by atoms with E-state index < -0.39 is 11.7 Å². The Balaban J connectivity index is 1.23. The van der Waals surface area contributed by atoms with Crippen molar-refractivity contribution in [3.8, 4) is 5.75 Å². The van der Waals surface area contributed by atoms with Gasteiger partial charge in [-0.25, -0.2) is 0 Å². The van der Waals surface area contributed by atoms with Crippen LogP contribution in [0.5, 0.6) is 5.75 Å². The van der Waals surface area contributed by atoms with Gasteiger partial charge in [-0.15, -0.1) is 0 Å². The van der Waals surface area contributed by atoms with Gasteiger partial charge in [-0.05, 0) is 86.9 Å². The number of hydrogen-bond acceptors (Lipinski definition) is 3. The molecule has 0 aromatic heterocycles. The highest BCUT2D eigenvalue weighted by atomic mass is 19.4. The van der Waals surface area contributed by atoms with Gasteiger partial charge in [0.15, 0.2) is 0 Å². The molecule has 2 aromatic carbocycles. The minimum absolute atomic E-state index is 0.0765. The van der Waals surface area contributed by atoms with Crippen molar-refractivity contribution in [3.63, 3.8) is 0 Å². The molecule has 0 amide bonds. The maximum atomic E-state index is 12.7. The predicted octanol–water partition coefficient (Wildman–Crippen LogP) is 7.50. The largest absolute Gasteiger partial charge is 0.493 e. The number of hydrogen-bond donors (Lipinski definition) is 0. The number of aryl methyl sites for hydroxylation is 2. The van der Waals surface area contributed by atoms with Crippen LogP contribution in [-0.4, -0.2) is 55.7 Å². The molecule has 0 bridgehead atoms. The fraction of sp³-hybridized carbons (Fsp3) is 0.613. The third-order valence-corrected chi connectivity index (χ3v) is 7.26. The van der Waals surface area contributed by atoms with Gasteiger partial charge in [-0.1, -0.05) is 57.0 Å². The third-order valence-electron chi connectivity index (χ3n) is 7.26. The maximum Gasteiger partial charge on any atom is 0.416 e. The predicted molar refractivity (Wildman–Crippen MR) is 146 cm³/mol. The standard InChI is InChI=1S/C31H45F3N2O/c1-25-11-16-29(28(24-25)30(2,3)4)37-23-9-8-18-36-21-19-35(20-22-36)17-7-5-6-10-26-12-14-27(15-13-26)31(32,33)34/h11-16,24H,5-10,17-23H2,1-4H3. The van der Waals surface area contributed by atoms with Crippen LogP contribution in [0.2, 0.25) is 0 Å². The molecule has 1 saturated heterocycles. The minimum atomic E-state index is -4.25. The summed E-state index contributed by atoms with van der Waals surface area (Å²) in [6.45, 7) is 16.3. The van der Waals surface area contributed by atoms with Crippen molar-refractivity contribution >= 4 is 0 Å². The zero-order valence-electron chi connectivity index (χ0n) is 23.2. The highest BCUT2D eigenvalue weighted by Crippen LogP contribution is 2.32. The van der Waals surface area contributed by atoms with Crippen molar-refractivity contribution in [2.75, 3.05) is 45.9 Å². The van der Waals surface area contributed by atoms with E-state index in [1.165, 1.54) is 23.3 Å². The van der Waals surface area contributed by atoms with Crippen LogP contribution in [-0.2, 0) is 18.0 Å². The van der Waals surface area contributed by atoms with E-state index in [0.717, 1.165) is 95.7 Å². The fourth-order valence-corrected chi connectivity index (χ4v) is 4.91. The molecule has 1 aliphatic rings. The Morgan fingerprint density at radius 1 is 0.757 bits per heavy atom. The zero-order chi connectivity index (χ0) is 26.9. The Bertz CT molecular complexity index is 942. The van der Waals surface area contributed by atoms with E-state index in [1.54, 1.807) is 12.1 Å². The molecule has 0 aliphatic carbocycles. The van der Waals surface area contributed by atoms with Gasteiger partial charge in [-0.3, -0.25) is 0 Å². The van der Waals surface area contributed by atoms with Crippen molar-refractivity contribution in [2.24, 2.45) is 0 Å². The first kappa shape index (κ1) is 29.5. The molecular weight excluding hydrogens is 473 g/mol. The highest BCUT2D eigenvalue weighted by Gasteiger charge is 2.29. The van der Waals surface area contributed by atoms with E-state index in [-0.39, 0.29) is 5.41 Å². The third kappa shape index (κ3) is 9.97. The monoisotopic (exact) mass is 518 g/mol. The van der Waals surface area contributed by atoms with Crippen LogP contribution in [0, 0.1) is 6.92 Å². The Hall–Kier alpha value is -2.05. The number of unbranched alkanes of at least 4 members (excludes halogenated alkanes) is 3. The van der Waals surface area contributed by atoms with Crippen molar-refractivity contribution < 1.29 is 17.9 Å². The average molecular weight is 519 g/mol. The van der Waals surface area contributed by atoms with Gasteiger partial charge >= 0.3 is 6.18 Å². The zero-order valence-corrected chi connectivity index (χ0v) is 23.2. The van der Waals surface area contributed by atoms with Crippen LogP contribution in [0.4, 0.5) is 13.2 Å². The first-order valence-electron chi connectivity index (χ1n) is 13.9. The summed E-state index contributed by atoms with van der Waals surface area (Å²) in [4.78, 5) is 5.11. The van der Waals surface area contributed by atoms with Crippen molar-refractivity contribution in [1.29, 1.82) is 0 Å². The Morgan fingerprint density at radius 2 is 1.35 bits per heavy atom. The minimum Gasteiger partial charge on any atom is -0.493 e. The number of halogens is 3. The summed E-state index contributed by atoms with van der Waals surface area (Å²) in [7, 11) is 0. The second kappa shape index (κ2) is 13.7. The topological polar surface area (TPSA) is 15.7 Å². The molecule has 0 atom stereocenters. The van der Waals surface area contributed by atoms with Crippen LogP contribution in [0.3, 0.4) is 0 Å². The molecule has 0 N–H and O–H groups in total. The lowest BCUT2D eigenvalue weighted by Crippen LogP contribution is -2.46. The summed E-state index contributed by atoms with van der Waals surface area (Å²) in [5.74, 6) is 1.02. The van der Waals surface area contributed by atoms with Gasteiger partial charge in [-0.2, -0.15) is 13.2 Å². The molecule has 1 heterocycles. The normalized spacial score (nSPS) is 15.8. The summed E-state index contributed by atoms with van der Waals surface area (Å²) in [6, 6.07) is 12.1. The van der Waals surface area contributed by atoms with Gasteiger partial charge in [0.1, 0.15) is 5.75 Å². The molecule has 3 rings (SSSR count). The Labute approximate surface area is 222 Å². The lowest BCUT2D eigenvalue weighted by molar-refractivity contribution is -0.137. The molecule has 37 heavy (non-hydrogen) atoms. The SMILES string of the molecule is Cc1ccc(OCCCCN2CCN(CCCCCc3ccc(C(F)(F)F)cc3)CC2)c(C(C)(C)C)c1. The van der Waals surface area contributed by atoms with Crippen LogP contribution in [0.1, 0.15) is 75.1 Å². The average Bonchev–Trinajstić information content (AvgIpc) is 2.84. The molecule has 0 spiro atoms. The molecule has 206 valence electrons. The van der Waals surface area contributed by atoms with Gasteiger partial charge in [0.05, 0.1) is 12.2 Å². The van der Waals surface area contributed by atoms with E-state index in [4.69, 9.17) is 4.74 Å². The number of alkyl halides is 3. The second-order valence-electron chi connectivity index (χ2n) is 11.5. The van der Waals surface area contributed by atoms with Crippen LogP contribution >= 0.6 is 0 Å². The molecule has 0 unspecified atom stereocenters. The van der Waals surface area contributed by atoms with E-state index in [2.05, 4.69) is 55.7 Å². The fourth-order valence-electron chi connectivity index (χ4n) is 4.91. The van der Waals surface area contributed by atoms with Gasteiger partial charge in [0, 0.05) is 26.2 Å². The van der Waals surface area contributed by atoms with Crippen LogP contribution < -0.4 is 4.74 Å². The van der Waals surface area contributed by atoms with Crippen molar-refractivity contribution in [2.45, 2.75) is 77.8 Å². The lowest BCUT2D eigenvalue weighted by atomic mass is 9.85. The molecule has 1 aliphatic heterocycles. The number of nitrogens with zero attached hydrogens (tertiary/aromatic N) is 2. The van der Waals surface area contributed by atoms with Crippen molar-refractivity contribution in [3.05, 3.63) is 64.7 Å². The lowest BCUT2D eigenvalue weighted by Gasteiger charge is -2.34. The van der Waals surface area contributed by atoms with Gasteiger partial charge in [0.25, 0.3) is 0 Å². The number of ether oxygens (including phenoxy) is 1. The summed E-state index contributed by atoms with van der Waals surface area (Å²) in [5.41, 5.74) is 3.05. The van der Waals surface area contributed by atoms with E-state index in [9.17, 15) is 13.2 Å². The summed E-state index contributed by atoms with van der Waals surface area (Å²) in [6.07, 6.45) is 2.09. The molecular formula is C31H45F3N2O. The van der Waals surface area contributed by atoms with E-state index >= 15 is 0 Å². The van der Waals surface area contributed by atoms with Crippen molar-refractivity contribution in [1.82, 2.24) is 9.80 Å². The van der Waals surface area contributed by atoms with E-state index in [1.807, 2.05) is 0 Å². The van der Waals surface area contributed by atoms with E-state index in [0.29, 0.717) is 0 Å². The first-order valence-corrected chi connectivity index (χ1v) is 13.9. The quantitative estimate of drug-likeness (QED) is 0.271. The Kier molecular flexibility index (Phi) is 10.9. The maximum absolute atomic E-state index is 12.7. The number of piperazine rings is 1.